The number of H-pyrrole nitrogens is 1. The molecule has 8 nitrogen and oxygen atoms in total. The van der Waals surface area contributed by atoms with Gasteiger partial charge in [0.15, 0.2) is 5.82 Å². The summed E-state index contributed by atoms with van der Waals surface area (Å²) in [6.07, 6.45) is 0. The van der Waals surface area contributed by atoms with E-state index in [-0.39, 0.29) is 5.82 Å². The zero-order chi connectivity index (χ0) is 19.5. The van der Waals surface area contributed by atoms with E-state index >= 15 is 0 Å². The van der Waals surface area contributed by atoms with Gasteiger partial charge in [-0.05, 0) is 38.2 Å². The minimum atomic E-state index is -0.283. The first-order valence-corrected chi connectivity index (χ1v) is 9.19. The minimum Gasteiger partial charge on any atom is -0.354 e. The van der Waals surface area contributed by atoms with E-state index in [1.807, 2.05) is 19.1 Å². The van der Waals surface area contributed by atoms with Crippen LogP contribution in [0.3, 0.4) is 0 Å². The standard InChI is InChI=1S/C19H23FN8/c1-13-11-17(26-25-13)22-16-12-18(28-9-7-27(2)8-10-28)24-19(23-16)21-15-5-3-14(20)4-6-15/h3-6,11-12H,7-10H2,1-2H3,(H3,21,22,23,24,25,26). The molecule has 4 rings (SSSR count). The number of aromatic amines is 1. The maximum absolute atomic E-state index is 13.2. The van der Waals surface area contributed by atoms with Crippen molar-refractivity contribution in [3.8, 4) is 0 Å². The number of benzene rings is 1. The van der Waals surface area contributed by atoms with E-state index in [0.717, 1.165) is 43.4 Å². The van der Waals surface area contributed by atoms with Crippen molar-refractivity contribution >= 4 is 29.1 Å². The number of hydrogen-bond donors (Lipinski definition) is 3. The quantitative estimate of drug-likeness (QED) is 0.626. The molecule has 0 amide bonds. The smallest absolute Gasteiger partial charge is 0.231 e. The molecule has 1 aliphatic rings. The topological polar surface area (TPSA) is 85.0 Å². The Balaban J connectivity index is 1.62. The van der Waals surface area contributed by atoms with Gasteiger partial charge in [0.25, 0.3) is 0 Å². The Morgan fingerprint density at radius 3 is 2.39 bits per heavy atom. The molecule has 0 saturated carbocycles. The van der Waals surface area contributed by atoms with Crippen LogP contribution in [-0.2, 0) is 0 Å². The number of aromatic nitrogens is 4. The number of halogens is 1. The number of aryl methyl sites for hydroxylation is 1. The van der Waals surface area contributed by atoms with Crippen molar-refractivity contribution in [1.82, 2.24) is 25.1 Å². The van der Waals surface area contributed by atoms with Crippen molar-refractivity contribution in [2.24, 2.45) is 0 Å². The number of rotatable bonds is 5. The molecule has 2 aromatic heterocycles. The third kappa shape index (κ3) is 4.37. The monoisotopic (exact) mass is 382 g/mol. The van der Waals surface area contributed by atoms with Crippen molar-refractivity contribution in [3.63, 3.8) is 0 Å². The summed E-state index contributed by atoms with van der Waals surface area (Å²) in [5.74, 6) is 2.32. The van der Waals surface area contributed by atoms with E-state index in [0.29, 0.717) is 17.6 Å². The lowest BCUT2D eigenvalue weighted by Crippen LogP contribution is -2.44. The van der Waals surface area contributed by atoms with E-state index in [1.54, 1.807) is 12.1 Å². The molecule has 1 aromatic carbocycles. The first kappa shape index (κ1) is 18.2. The van der Waals surface area contributed by atoms with Crippen LogP contribution in [0.15, 0.2) is 36.4 Å². The Kier molecular flexibility index (Phi) is 5.07. The molecule has 0 unspecified atom stereocenters. The predicted molar refractivity (Wildman–Crippen MR) is 108 cm³/mol. The summed E-state index contributed by atoms with van der Waals surface area (Å²) in [6.45, 7) is 5.68. The molecule has 28 heavy (non-hydrogen) atoms. The fourth-order valence-corrected chi connectivity index (χ4v) is 3.03. The molecule has 0 radical (unpaired) electrons. The first-order chi connectivity index (χ1) is 13.5. The van der Waals surface area contributed by atoms with Gasteiger partial charge in [0.2, 0.25) is 5.95 Å². The second kappa shape index (κ2) is 7.81. The lowest BCUT2D eigenvalue weighted by Gasteiger charge is -2.33. The lowest BCUT2D eigenvalue weighted by molar-refractivity contribution is 0.312. The van der Waals surface area contributed by atoms with Gasteiger partial charge in [0.1, 0.15) is 17.5 Å². The molecule has 9 heteroatoms. The number of piperazine rings is 1. The Labute approximate surface area is 162 Å². The number of anilines is 5. The van der Waals surface area contributed by atoms with E-state index in [4.69, 9.17) is 0 Å². The molecule has 1 aliphatic heterocycles. The number of likely N-dealkylation sites (N-methyl/N-ethyl adjacent to an activating group) is 1. The normalized spacial score (nSPS) is 14.9. The predicted octanol–water partition coefficient (Wildman–Crippen LogP) is 2.89. The third-order valence-corrected chi connectivity index (χ3v) is 4.60. The van der Waals surface area contributed by atoms with Gasteiger partial charge in [0, 0.05) is 49.7 Å². The van der Waals surface area contributed by atoms with Crippen LogP contribution in [0.1, 0.15) is 5.69 Å². The summed E-state index contributed by atoms with van der Waals surface area (Å²) >= 11 is 0. The molecule has 3 aromatic rings. The fraction of sp³-hybridized carbons (Fsp3) is 0.316. The number of nitrogens with zero attached hydrogens (tertiary/aromatic N) is 5. The van der Waals surface area contributed by atoms with Gasteiger partial charge in [-0.15, -0.1) is 0 Å². The zero-order valence-corrected chi connectivity index (χ0v) is 15.9. The van der Waals surface area contributed by atoms with Crippen LogP contribution in [0.2, 0.25) is 0 Å². The summed E-state index contributed by atoms with van der Waals surface area (Å²) in [6, 6.07) is 9.95. The molecule has 0 bridgehead atoms. The highest BCUT2D eigenvalue weighted by Gasteiger charge is 2.17. The summed E-state index contributed by atoms with van der Waals surface area (Å²) in [5, 5.41) is 13.5. The summed E-state index contributed by atoms with van der Waals surface area (Å²) in [7, 11) is 2.12. The van der Waals surface area contributed by atoms with Crippen LogP contribution < -0.4 is 15.5 Å². The highest BCUT2D eigenvalue weighted by molar-refractivity contribution is 5.62. The molecule has 3 N–H and O–H groups in total. The largest absolute Gasteiger partial charge is 0.354 e. The molecule has 1 fully saturated rings. The average molecular weight is 382 g/mol. The Morgan fingerprint density at radius 2 is 1.71 bits per heavy atom. The third-order valence-electron chi connectivity index (χ3n) is 4.60. The van der Waals surface area contributed by atoms with Gasteiger partial charge in [-0.1, -0.05) is 0 Å². The number of hydrogen-bond acceptors (Lipinski definition) is 7. The molecule has 146 valence electrons. The molecule has 0 atom stereocenters. The van der Waals surface area contributed by atoms with Gasteiger partial charge in [0.05, 0.1) is 0 Å². The maximum Gasteiger partial charge on any atom is 0.231 e. The SMILES string of the molecule is Cc1cc(Nc2cc(N3CCN(C)CC3)nc(Nc3ccc(F)cc3)n2)n[nH]1. The highest BCUT2D eigenvalue weighted by atomic mass is 19.1. The van der Waals surface area contributed by atoms with E-state index in [1.165, 1.54) is 12.1 Å². The fourth-order valence-electron chi connectivity index (χ4n) is 3.03. The number of nitrogens with one attached hydrogen (secondary N) is 3. The zero-order valence-electron chi connectivity index (χ0n) is 15.9. The first-order valence-electron chi connectivity index (χ1n) is 9.19. The molecule has 1 saturated heterocycles. The second-order valence-corrected chi connectivity index (χ2v) is 6.92. The van der Waals surface area contributed by atoms with Crippen LogP contribution in [-0.4, -0.2) is 58.3 Å². The lowest BCUT2D eigenvalue weighted by atomic mass is 10.3. The Bertz CT molecular complexity index is 931. The van der Waals surface area contributed by atoms with Gasteiger partial charge in [-0.3, -0.25) is 5.10 Å². The van der Waals surface area contributed by atoms with Crippen molar-refractivity contribution < 1.29 is 4.39 Å². The summed E-state index contributed by atoms with van der Waals surface area (Å²) in [5.41, 5.74) is 1.68. The second-order valence-electron chi connectivity index (χ2n) is 6.92. The van der Waals surface area contributed by atoms with Crippen LogP contribution in [0, 0.1) is 12.7 Å². The minimum absolute atomic E-state index is 0.283. The average Bonchev–Trinajstić information content (AvgIpc) is 3.09. The van der Waals surface area contributed by atoms with Crippen molar-refractivity contribution in [2.75, 3.05) is 48.8 Å². The Morgan fingerprint density at radius 1 is 0.964 bits per heavy atom. The van der Waals surface area contributed by atoms with E-state index in [2.05, 4.69) is 47.6 Å². The van der Waals surface area contributed by atoms with Gasteiger partial charge in [-0.25, -0.2) is 4.39 Å². The van der Waals surface area contributed by atoms with Crippen molar-refractivity contribution in [2.45, 2.75) is 6.92 Å². The maximum atomic E-state index is 13.2. The van der Waals surface area contributed by atoms with Crippen LogP contribution in [0.4, 0.5) is 33.5 Å². The molecule has 0 spiro atoms. The van der Waals surface area contributed by atoms with Crippen LogP contribution in [0.25, 0.3) is 0 Å². The molecule has 0 aliphatic carbocycles. The summed E-state index contributed by atoms with van der Waals surface area (Å²) in [4.78, 5) is 13.7. The van der Waals surface area contributed by atoms with Crippen LogP contribution in [0.5, 0.6) is 0 Å². The highest BCUT2D eigenvalue weighted by Crippen LogP contribution is 2.24. The molecular weight excluding hydrogens is 359 g/mol. The Hall–Kier alpha value is -3.20. The summed E-state index contributed by atoms with van der Waals surface area (Å²) < 4.78 is 13.2. The van der Waals surface area contributed by atoms with Crippen molar-refractivity contribution in [1.29, 1.82) is 0 Å². The van der Waals surface area contributed by atoms with E-state index in [9.17, 15) is 4.39 Å². The van der Waals surface area contributed by atoms with Gasteiger partial charge < -0.3 is 20.4 Å². The van der Waals surface area contributed by atoms with Gasteiger partial charge in [-0.2, -0.15) is 15.1 Å². The van der Waals surface area contributed by atoms with Crippen LogP contribution >= 0.6 is 0 Å². The molecular formula is C19H23FN8. The molecule has 3 heterocycles. The van der Waals surface area contributed by atoms with E-state index < -0.39 is 0 Å². The van der Waals surface area contributed by atoms with Gasteiger partial charge >= 0.3 is 0 Å². The van der Waals surface area contributed by atoms with Crippen molar-refractivity contribution in [3.05, 3.63) is 47.9 Å².